The highest BCUT2D eigenvalue weighted by Crippen LogP contribution is 2.30. The fourth-order valence-electron chi connectivity index (χ4n) is 1.84. The fraction of sp³-hybridized carbons (Fsp3) is 0. The van der Waals surface area contributed by atoms with Crippen molar-refractivity contribution in [1.29, 1.82) is 0 Å². The number of nitrogens with one attached hydrogen (secondary N) is 1. The third-order valence-electron chi connectivity index (χ3n) is 2.84. The van der Waals surface area contributed by atoms with E-state index in [-0.39, 0.29) is 23.0 Å². The molecule has 100 valence electrons. The molecular weight excluding hydrogens is 263 g/mol. The van der Waals surface area contributed by atoms with E-state index in [0.717, 1.165) is 6.33 Å². The van der Waals surface area contributed by atoms with Crippen LogP contribution in [0.4, 0.5) is 10.2 Å². The molecule has 0 amide bonds. The van der Waals surface area contributed by atoms with Crippen LogP contribution >= 0.6 is 0 Å². The number of nitrogen functional groups attached to an aromatic ring is 1. The molecule has 0 saturated carbocycles. The standard InChI is InChI=1S/C13H9FN4O2/c14-11-7-3-4-16-9(7)1-2-10(11)20-13-8(5-19)12(15)17-6-18-13/h1-6,16H,(H2,15,17,18). The van der Waals surface area contributed by atoms with Gasteiger partial charge in [-0.2, -0.15) is 0 Å². The zero-order valence-electron chi connectivity index (χ0n) is 10.1. The van der Waals surface area contributed by atoms with E-state index < -0.39 is 5.82 Å². The number of ether oxygens (including phenoxy) is 1. The van der Waals surface area contributed by atoms with Crippen LogP contribution in [0, 0.1) is 5.82 Å². The van der Waals surface area contributed by atoms with E-state index in [2.05, 4.69) is 15.0 Å². The summed E-state index contributed by atoms with van der Waals surface area (Å²) in [4.78, 5) is 21.3. The largest absolute Gasteiger partial charge is 0.435 e. The zero-order valence-corrected chi connectivity index (χ0v) is 10.1. The molecule has 2 heterocycles. The molecule has 0 bridgehead atoms. The summed E-state index contributed by atoms with van der Waals surface area (Å²) in [5.41, 5.74) is 6.17. The van der Waals surface area contributed by atoms with E-state index in [9.17, 15) is 9.18 Å². The van der Waals surface area contributed by atoms with Gasteiger partial charge in [0.2, 0.25) is 5.88 Å². The number of fused-ring (bicyclic) bond motifs is 1. The molecule has 0 unspecified atom stereocenters. The van der Waals surface area contributed by atoms with Crippen molar-refractivity contribution in [2.45, 2.75) is 0 Å². The molecule has 2 aromatic heterocycles. The van der Waals surface area contributed by atoms with Gasteiger partial charge in [-0.25, -0.2) is 14.4 Å². The molecule has 0 aliphatic carbocycles. The molecular formula is C13H9FN4O2. The third kappa shape index (κ3) is 1.85. The molecule has 3 rings (SSSR count). The predicted octanol–water partition coefficient (Wildman–Crippen LogP) is 2.28. The van der Waals surface area contributed by atoms with Gasteiger partial charge >= 0.3 is 0 Å². The van der Waals surface area contributed by atoms with Crippen molar-refractivity contribution in [1.82, 2.24) is 15.0 Å². The van der Waals surface area contributed by atoms with Crippen molar-refractivity contribution in [3.63, 3.8) is 0 Å². The number of anilines is 1. The number of H-pyrrole nitrogens is 1. The lowest BCUT2D eigenvalue weighted by atomic mass is 10.2. The first kappa shape index (κ1) is 12.1. The SMILES string of the molecule is Nc1ncnc(Oc2ccc3[nH]ccc3c2F)c1C=O. The van der Waals surface area contributed by atoms with Gasteiger partial charge in [0.05, 0.1) is 0 Å². The van der Waals surface area contributed by atoms with Gasteiger partial charge in [-0.15, -0.1) is 0 Å². The fourth-order valence-corrected chi connectivity index (χ4v) is 1.84. The van der Waals surface area contributed by atoms with E-state index in [1.54, 1.807) is 18.3 Å². The number of carbonyl (C=O) groups is 1. The maximum absolute atomic E-state index is 14.2. The number of nitrogens with zero attached hydrogens (tertiary/aromatic N) is 2. The summed E-state index contributed by atoms with van der Waals surface area (Å²) in [6.07, 6.45) is 3.23. The monoisotopic (exact) mass is 272 g/mol. The highest BCUT2D eigenvalue weighted by atomic mass is 19.1. The Hall–Kier alpha value is -2.96. The normalized spacial score (nSPS) is 10.7. The average Bonchev–Trinajstić information content (AvgIpc) is 2.91. The average molecular weight is 272 g/mol. The summed E-state index contributed by atoms with van der Waals surface area (Å²) in [6, 6.07) is 4.70. The third-order valence-corrected chi connectivity index (χ3v) is 2.84. The predicted molar refractivity (Wildman–Crippen MR) is 70.2 cm³/mol. The molecule has 0 aliphatic rings. The Kier molecular flexibility index (Phi) is 2.79. The van der Waals surface area contributed by atoms with E-state index in [0.29, 0.717) is 17.2 Å². The maximum atomic E-state index is 14.2. The van der Waals surface area contributed by atoms with Crippen LogP contribution in [0.1, 0.15) is 10.4 Å². The van der Waals surface area contributed by atoms with Crippen molar-refractivity contribution >= 4 is 23.0 Å². The number of hydrogen-bond acceptors (Lipinski definition) is 5. The molecule has 0 spiro atoms. The second-order valence-electron chi connectivity index (χ2n) is 4.01. The first-order chi connectivity index (χ1) is 9.70. The Morgan fingerprint density at radius 1 is 1.30 bits per heavy atom. The summed E-state index contributed by atoms with van der Waals surface area (Å²) in [7, 11) is 0. The van der Waals surface area contributed by atoms with Crippen molar-refractivity contribution < 1.29 is 13.9 Å². The number of aromatic nitrogens is 3. The molecule has 7 heteroatoms. The number of carbonyl (C=O) groups excluding carboxylic acids is 1. The number of aldehydes is 1. The topological polar surface area (TPSA) is 93.9 Å². The van der Waals surface area contributed by atoms with Gasteiger partial charge in [0.1, 0.15) is 17.7 Å². The minimum atomic E-state index is -0.544. The Morgan fingerprint density at radius 3 is 2.95 bits per heavy atom. The minimum Gasteiger partial charge on any atom is -0.435 e. The zero-order chi connectivity index (χ0) is 14.1. The number of halogens is 1. The lowest BCUT2D eigenvalue weighted by molar-refractivity contribution is 0.112. The summed E-state index contributed by atoms with van der Waals surface area (Å²) >= 11 is 0. The molecule has 0 radical (unpaired) electrons. The van der Waals surface area contributed by atoms with Crippen molar-refractivity contribution in [3.8, 4) is 11.6 Å². The van der Waals surface area contributed by atoms with E-state index in [1.165, 1.54) is 6.07 Å². The van der Waals surface area contributed by atoms with Crippen LogP contribution < -0.4 is 10.5 Å². The molecule has 0 atom stereocenters. The summed E-state index contributed by atoms with van der Waals surface area (Å²) in [5.74, 6) is -0.689. The van der Waals surface area contributed by atoms with Gasteiger partial charge in [-0.05, 0) is 18.2 Å². The molecule has 0 saturated heterocycles. The van der Waals surface area contributed by atoms with Crippen molar-refractivity contribution in [2.24, 2.45) is 0 Å². The highest BCUT2D eigenvalue weighted by Gasteiger charge is 2.15. The van der Waals surface area contributed by atoms with Crippen LogP contribution in [-0.2, 0) is 0 Å². The first-order valence-corrected chi connectivity index (χ1v) is 5.70. The van der Waals surface area contributed by atoms with Gasteiger partial charge in [-0.3, -0.25) is 4.79 Å². The minimum absolute atomic E-state index is 0.0129. The quantitative estimate of drug-likeness (QED) is 0.713. The van der Waals surface area contributed by atoms with Gasteiger partial charge in [0, 0.05) is 17.1 Å². The Labute approximate surface area is 112 Å². The smallest absolute Gasteiger partial charge is 0.235 e. The molecule has 3 aromatic rings. The molecule has 1 aromatic carbocycles. The maximum Gasteiger partial charge on any atom is 0.235 e. The molecule has 3 N–H and O–H groups in total. The van der Waals surface area contributed by atoms with Gasteiger partial charge in [-0.1, -0.05) is 0 Å². The first-order valence-electron chi connectivity index (χ1n) is 5.70. The summed E-state index contributed by atoms with van der Waals surface area (Å²) in [6.45, 7) is 0. The number of rotatable bonds is 3. The number of aromatic amines is 1. The molecule has 20 heavy (non-hydrogen) atoms. The van der Waals surface area contributed by atoms with Crippen molar-refractivity contribution in [2.75, 3.05) is 5.73 Å². The van der Waals surface area contributed by atoms with Crippen LogP contribution in [0.3, 0.4) is 0 Å². The van der Waals surface area contributed by atoms with Crippen molar-refractivity contribution in [3.05, 3.63) is 42.1 Å². The van der Waals surface area contributed by atoms with Crippen LogP contribution in [-0.4, -0.2) is 21.2 Å². The van der Waals surface area contributed by atoms with Gasteiger partial charge < -0.3 is 15.5 Å². The Bertz CT molecular complexity index is 800. The van der Waals surface area contributed by atoms with Crippen LogP contribution in [0.2, 0.25) is 0 Å². The second kappa shape index (κ2) is 4.61. The summed E-state index contributed by atoms with van der Waals surface area (Å²) in [5, 5.41) is 0.386. The van der Waals surface area contributed by atoms with Crippen LogP contribution in [0.5, 0.6) is 11.6 Å². The molecule has 0 fully saturated rings. The van der Waals surface area contributed by atoms with Crippen LogP contribution in [0.15, 0.2) is 30.7 Å². The second-order valence-corrected chi connectivity index (χ2v) is 4.01. The Balaban J connectivity index is 2.07. The molecule has 0 aliphatic heterocycles. The van der Waals surface area contributed by atoms with Gasteiger partial charge in [0.15, 0.2) is 17.9 Å². The lowest BCUT2D eigenvalue weighted by Gasteiger charge is -2.08. The van der Waals surface area contributed by atoms with Crippen LogP contribution in [0.25, 0.3) is 10.9 Å². The Morgan fingerprint density at radius 2 is 2.15 bits per heavy atom. The van der Waals surface area contributed by atoms with E-state index in [1.807, 2.05) is 0 Å². The van der Waals surface area contributed by atoms with Gasteiger partial charge in [0.25, 0.3) is 0 Å². The summed E-state index contributed by atoms with van der Waals surface area (Å²) < 4.78 is 19.6. The number of benzene rings is 1. The highest BCUT2D eigenvalue weighted by molar-refractivity contribution is 5.85. The number of hydrogen-bond donors (Lipinski definition) is 2. The lowest BCUT2D eigenvalue weighted by Crippen LogP contribution is -2.02. The van der Waals surface area contributed by atoms with E-state index >= 15 is 0 Å². The molecule has 6 nitrogen and oxygen atoms in total. The van der Waals surface area contributed by atoms with E-state index in [4.69, 9.17) is 10.5 Å². The number of nitrogens with two attached hydrogens (primary N) is 1.